The molecule has 0 nitrogen and oxygen atoms in total. The van der Waals surface area contributed by atoms with Crippen molar-refractivity contribution in [2.75, 3.05) is 0 Å². The molecular weight excluding hydrogens is 305 g/mol. The third-order valence-corrected chi connectivity index (χ3v) is 3.53. The van der Waals surface area contributed by atoms with E-state index in [1.165, 1.54) is 30.4 Å². The maximum Gasteiger partial charge on any atom is 0.405 e. The third-order valence-electron chi connectivity index (χ3n) is 2.84. The summed E-state index contributed by atoms with van der Waals surface area (Å²) in [4.78, 5) is 0. The standard InChI is InChI=1S/C14H10BrF3/c15-12-8-4-3-7-11(12)13(14(16,17)18)9-5-1-2-6-10-13/h1-10H. The zero-order chi connectivity index (χ0) is 13.2. The van der Waals surface area contributed by atoms with Crippen LogP contribution < -0.4 is 0 Å². The van der Waals surface area contributed by atoms with Crippen molar-refractivity contribution in [3.8, 4) is 0 Å². The minimum Gasteiger partial charge on any atom is -0.169 e. The molecule has 0 aliphatic heterocycles. The van der Waals surface area contributed by atoms with E-state index in [0.29, 0.717) is 4.47 Å². The lowest BCUT2D eigenvalue weighted by atomic mass is 9.79. The monoisotopic (exact) mass is 314 g/mol. The van der Waals surface area contributed by atoms with Gasteiger partial charge in [-0.2, -0.15) is 13.2 Å². The first-order valence-electron chi connectivity index (χ1n) is 5.33. The molecule has 94 valence electrons. The molecule has 1 aliphatic carbocycles. The van der Waals surface area contributed by atoms with E-state index in [9.17, 15) is 13.2 Å². The van der Waals surface area contributed by atoms with Crippen LogP contribution in [0.25, 0.3) is 0 Å². The van der Waals surface area contributed by atoms with E-state index in [1.54, 1.807) is 30.4 Å². The van der Waals surface area contributed by atoms with Gasteiger partial charge in [-0.3, -0.25) is 0 Å². The topological polar surface area (TPSA) is 0 Å². The van der Waals surface area contributed by atoms with Gasteiger partial charge in [-0.15, -0.1) is 0 Å². The molecule has 0 spiro atoms. The van der Waals surface area contributed by atoms with Crippen LogP contribution in [0.2, 0.25) is 0 Å². The lowest BCUT2D eigenvalue weighted by molar-refractivity contribution is -0.162. The summed E-state index contributed by atoms with van der Waals surface area (Å²) in [7, 11) is 0. The molecule has 0 N–H and O–H groups in total. The van der Waals surface area contributed by atoms with Crippen LogP contribution in [0, 0.1) is 0 Å². The van der Waals surface area contributed by atoms with Crippen LogP contribution in [0.15, 0.2) is 65.2 Å². The van der Waals surface area contributed by atoms with Gasteiger partial charge in [0, 0.05) is 4.47 Å². The third kappa shape index (κ3) is 2.17. The highest BCUT2D eigenvalue weighted by Gasteiger charge is 2.53. The Morgan fingerprint density at radius 1 is 0.889 bits per heavy atom. The molecule has 2 rings (SSSR count). The summed E-state index contributed by atoms with van der Waals surface area (Å²) in [5.41, 5.74) is -1.90. The fourth-order valence-electron chi connectivity index (χ4n) is 1.92. The number of hydrogen-bond donors (Lipinski definition) is 0. The van der Waals surface area contributed by atoms with Gasteiger partial charge in [0.05, 0.1) is 0 Å². The average molecular weight is 315 g/mol. The van der Waals surface area contributed by atoms with Crippen molar-refractivity contribution >= 4 is 15.9 Å². The van der Waals surface area contributed by atoms with Crippen molar-refractivity contribution in [2.24, 2.45) is 0 Å². The van der Waals surface area contributed by atoms with Crippen molar-refractivity contribution in [1.82, 2.24) is 0 Å². The first-order valence-corrected chi connectivity index (χ1v) is 6.12. The Labute approximate surface area is 112 Å². The predicted molar refractivity (Wildman–Crippen MR) is 69.3 cm³/mol. The molecule has 0 fully saturated rings. The van der Waals surface area contributed by atoms with E-state index in [1.807, 2.05) is 0 Å². The van der Waals surface area contributed by atoms with Gasteiger partial charge in [0.2, 0.25) is 0 Å². The summed E-state index contributed by atoms with van der Waals surface area (Å²) in [6, 6.07) is 6.40. The Bertz CT molecular complexity index is 508. The van der Waals surface area contributed by atoms with E-state index >= 15 is 0 Å². The van der Waals surface area contributed by atoms with E-state index in [4.69, 9.17) is 0 Å². The molecule has 1 aromatic carbocycles. The van der Waals surface area contributed by atoms with E-state index in [0.717, 1.165) is 0 Å². The Morgan fingerprint density at radius 2 is 1.44 bits per heavy atom. The molecule has 1 aromatic rings. The summed E-state index contributed by atoms with van der Waals surface area (Å²) in [5, 5.41) is 0. The number of alkyl halides is 3. The predicted octanol–water partition coefficient (Wildman–Crippen LogP) is 4.93. The van der Waals surface area contributed by atoms with Gasteiger partial charge in [-0.05, 0) is 11.6 Å². The summed E-state index contributed by atoms with van der Waals surface area (Å²) in [5.74, 6) is 0. The largest absolute Gasteiger partial charge is 0.405 e. The van der Waals surface area contributed by atoms with Gasteiger partial charge in [-0.25, -0.2) is 0 Å². The highest BCUT2D eigenvalue weighted by Crippen LogP contribution is 2.46. The highest BCUT2D eigenvalue weighted by molar-refractivity contribution is 9.10. The van der Waals surface area contributed by atoms with Gasteiger partial charge in [0.15, 0.2) is 0 Å². The van der Waals surface area contributed by atoms with Gasteiger partial charge >= 0.3 is 6.18 Å². The van der Waals surface area contributed by atoms with Crippen LogP contribution in [-0.4, -0.2) is 6.18 Å². The number of rotatable bonds is 1. The zero-order valence-corrected chi connectivity index (χ0v) is 10.9. The molecule has 0 atom stereocenters. The van der Waals surface area contributed by atoms with Crippen LogP contribution in [0.3, 0.4) is 0 Å². The minimum absolute atomic E-state index is 0.189. The molecule has 0 saturated carbocycles. The van der Waals surface area contributed by atoms with E-state index < -0.39 is 11.6 Å². The molecule has 4 heteroatoms. The maximum absolute atomic E-state index is 13.5. The van der Waals surface area contributed by atoms with Gasteiger partial charge in [0.1, 0.15) is 5.41 Å². The highest BCUT2D eigenvalue weighted by atomic mass is 79.9. The maximum atomic E-state index is 13.5. The Kier molecular flexibility index (Phi) is 3.48. The zero-order valence-electron chi connectivity index (χ0n) is 9.29. The molecule has 1 aliphatic rings. The van der Waals surface area contributed by atoms with Gasteiger partial charge < -0.3 is 0 Å². The normalized spacial score (nSPS) is 17.8. The van der Waals surface area contributed by atoms with Gasteiger partial charge in [0.25, 0.3) is 0 Å². The van der Waals surface area contributed by atoms with Crippen molar-refractivity contribution < 1.29 is 13.2 Å². The summed E-state index contributed by atoms with van der Waals surface area (Å²) in [6.45, 7) is 0. The first-order chi connectivity index (χ1) is 8.47. The molecule has 0 saturated heterocycles. The van der Waals surface area contributed by atoms with Gasteiger partial charge in [-0.1, -0.05) is 70.6 Å². The Balaban J connectivity index is 2.68. The second-order valence-electron chi connectivity index (χ2n) is 3.95. The van der Waals surface area contributed by atoms with Crippen molar-refractivity contribution in [3.63, 3.8) is 0 Å². The van der Waals surface area contributed by atoms with Crippen molar-refractivity contribution in [1.29, 1.82) is 0 Å². The second kappa shape index (κ2) is 4.76. The summed E-state index contributed by atoms with van der Waals surface area (Å²) in [6.07, 6.45) is 3.97. The SMILES string of the molecule is FC(F)(F)C1(c2ccccc2Br)C=CC=CC=C1. The molecule has 18 heavy (non-hydrogen) atoms. The fourth-order valence-corrected chi connectivity index (χ4v) is 2.53. The smallest absolute Gasteiger partial charge is 0.169 e. The lowest BCUT2D eigenvalue weighted by Crippen LogP contribution is -2.39. The van der Waals surface area contributed by atoms with Crippen LogP contribution in [0.5, 0.6) is 0 Å². The molecule has 0 bridgehead atoms. The van der Waals surface area contributed by atoms with E-state index in [-0.39, 0.29) is 5.56 Å². The average Bonchev–Trinajstić information content (AvgIpc) is 2.55. The van der Waals surface area contributed by atoms with Crippen molar-refractivity contribution in [3.05, 3.63) is 70.8 Å². The van der Waals surface area contributed by atoms with Crippen LogP contribution in [0.4, 0.5) is 13.2 Å². The van der Waals surface area contributed by atoms with Crippen LogP contribution >= 0.6 is 15.9 Å². The quantitative estimate of drug-likeness (QED) is 0.689. The number of benzene rings is 1. The summed E-state index contributed by atoms with van der Waals surface area (Å²) >= 11 is 3.20. The lowest BCUT2D eigenvalue weighted by Gasteiger charge is -2.31. The fraction of sp³-hybridized carbons (Fsp3) is 0.143. The first kappa shape index (κ1) is 13.1. The molecule has 0 radical (unpaired) electrons. The molecule has 0 amide bonds. The van der Waals surface area contributed by atoms with Crippen LogP contribution in [-0.2, 0) is 5.41 Å². The number of halogens is 4. The Hall–Kier alpha value is -1.29. The number of hydrogen-bond acceptors (Lipinski definition) is 0. The number of allylic oxidation sites excluding steroid dienone is 6. The second-order valence-corrected chi connectivity index (χ2v) is 4.80. The molecule has 0 heterocycles. The molecule has 0 unspecified atom stereocenters. The van der Waals surface area contributed by atoms with Crippen molar-refractivity contribution in [2.45, 2.75) is 11.6 Å². The minimum atomic E-state index is -4.39. The van der Waals surface area contributed by atoms with Crippen LogP contribution in [0.1, 0.15) is 5.56 Å². The van der Waals surface area contributed by atoms with E-state index in [2.05, 4.69) is 15.9 Å². The molecule has 0 aromatic heterocycles. The molecular formula is C14H10BrF3. The summed E-state index contributed by atoms with van der Waals surface area (Å²) < 4.78 is 40.9. The Morgan fingerprint density at radius 3 is 1.94 bits per heavy atom.